The molecule has 0 aromatic heterocycles. The van der Waals surface area contributed by atoms with Gasteiger partial charge in [0.25, 0.3) is 0 Å². The third-order valence-corrected chi connectivity index (χ3v) is 4.65. The van der Waals surface area contributed by atoms with Gasteiger partial charge in [-0.1, -0.05) is 72.8 Å². The van der Waals surface area contributed by atoms with Crippen LogP contribution >= 0.6 is 0 Å². The molecule has 0 unspecified atom stereocenters. The molecule has 0 bridgehead atoms. The van der Waals surface area contributed by atoms with Crippen LogP contribution in [0.4, 0.5) is 4.79 Å². The summed E-state index contributed by atoms with van der Waals surface area (Å²) in [5, 5.41) is 14.4. The molecule has 0 radical (unpaired) electrons. The summed E-state index contributed by atoms with van der Waals surface area (Å²) in [6, 6.07) is 27.0. The summed E-state index contributed by atoms with van der Waals surface area (Å²) in [6.45, 7) is 0.411. The quantitative estimate of drug-likeness (QED) is 0.589. The molecule has 6 heteroatoms. The molecule has 6 nitrogen and oxygen atoms in total. The first-order valence-electron chi connectivity index (χ1n) is 9.92. The van der Waals surface area contributed by atoms with E-state index in [1.165, 1.54) is 0 Å². The van der Waals surface area contributed by atoms with Crippen LogP contribution in [0.15, 0.2) is 84.9 Å². The minimum atomic E-state index is -0.788. The summed E-state index contributed by atoms with van der Waals surface area (Å²) in [7, 11) is 0. The third-order valence-electron chi connectivity index (χ3n) is 4.65. The fourth-order valence-electron chi connectivity index (χ4n) is 2.98. The van der Waals surface area contributed by atoms with Gasteiger partial charge in [-0.3, -0.25) is 4.79 Å². The molecule has 2 N–H and O–H groups in total. The maximum absolute atomic E-state index is 12.8. The smallest absolute Gasteiger partial charge is 0.408 e. The van der Waals surface area contributed by atoms with Crippen molar-refractivity contribution in [3.63, 3.8) is 0 Å². The standard InChI is InChI=1S/C25H23N3O3/c26-16-20-11-13-21(14-12-20)17-27-24(29)23(15-19-7-3-1-4-8-19)28-25(30)31-18-22-9-5-2-6-10-22/h1-14,23H,15,17-18H2,(H,27,29)(H,28,30)/t23-/m0/s1. The van der Waals surface area contributed by atoms with E-state index in [0.717, 1.165) is 16.7 Å². The second-order valence-electron chi connectivity index (χ2n) is 6.97. The highest BCUT2D eigenvalue weighted by Gasteiger charge is 2.22. The summed E-state index contributed by atoms with van der Waals surface area (Å²) in [5.74, 6) is -0.315. The first kappa shape index (κ1) is 21.6. The molecule has 2 amide bonds. The zero-order chi connectivity index (χ0) is 21.9. The van der Waals surface area contributed by atoms with E-state index in [4.69, 9.17) is 10.00 Å². The lowest BCUT2D eigenvalue weighted by molar-refractivity contribution is -0.123. The molecule has 0 saturated heterocycles. The fourth-order valence-corrected chi connectivity index (χ4v) is 2.98. The number of rotatable bonds is 8. The Bertz CT molecular complexity index is 1030. The van der Waals surface area contributed by atoms with Crippen LogP contribution in [0, 0.1) is 11.3 Å². The number of benzene rings is 3. The molecule has 1 atom stereocenters. The Morgan fingerprint density at radius 2 is 1.45 bits per heavy atom. The minimum absolute atomic E-state index is 0.123. The molecule has 0 spiro atoms. The molecule has 0 fully saturated rings. The van der Waals surface area contributed by atoms with Crippen LogP contribution in [0.2, 0.25) is 0 Å². The number of nitrogens with zero attached hydrogens (tertiary/aromatic N) is 1. The lowest BCUT2D eigenvalue weighted by atomic mass is 10.1. The summed E-state index contributed by atoms with van der Waals surface area (Å²) < 4.78 is 5.27. The Kier molecular flexibility index (Phi) is 7.78. The van der Waals surface area contributed by atoms with Crippen molar-refractivity contribution in [2.45, 2.75) is 25.6 Å². The van der Waals surface area contributed by atoms with Crippen LogP contribution in [0.5, 0.6) is 0 Å². The molecule has 0 aliphatic heterocycles. The topological polar surface area (TPSA) is 91.2 Å². The van der Waals surface area contributed by atoms with Gasteiger partial charge in [-0.25, -0.2) is 4.79 Å². The van der Waals surface area contributed by atoms with Gasteiger partial charge in [-0.2, -0.15) is 5.26 Å². The molecule has 0 heterocycles. The molecular weight excluding hydrogens is 390 g/mol. The summed E-state index contributed by atoms with van der Waals surface area (Å²) in [4.78, 5) is 25.1. The van der Waals surface area contributed by atoms with E-state index in [9.17, 15) is 9.59 Å². The maximum atomic E-state index is 12.8. The predicted molar refractivity (Wildman–Crippen MR) is 117 cm³/mol. The zero-order valence-electron chi connectivity index (χ0n) is 17.0. The van der Waals surface area contributed by atoms with E-state index in [-0.39, 0.29) is 19.1 Å². The Balaban J connectivity index is 1.61. The van der Waals surface area contributed by atoms with Gasteiger partial charge in [0, 0.05) is 13.0 Å². The second-order valence-corrected chi connectivity index (χ2v) is 6.97. The van der Waals surface area contributed by atoms with Gasteiger partial charge in [0.05, 0.1) is 11.6 Å². The van der Waals surface area contributed by atoms with Crippen LogP contribution in [0.3, 0.4) is 0 Å². The Hall–Kier alpha value is -4.11. The van der Waals surface area contributed by atoms with Gasteiger partial charge in [0.1, 0.15) is 12.6 Å². The van der Waals surface area contributed by atoms with E-state index >= 15 is 0 Å². The monoisotopic (exact) mass is 413 g/mol. The van der Waals surface area contributed by atoms with Crippen molar-refractivity contribution >= 4 is 12.0 Å². The molecule has 0 aliphatic carbocycles. The molecule has 156 valence electrons. The highest BCUT2D eigenvalue weighted by Crippen LogP contribution is 2.07. The molecule has 3 rings (SSSR count). The second kappa shape index (κ2) is 11.2. The van der Waals surface area contributed by atoms with Crippen molar-refractivity contribution in [3.05, 3.63) is 107 Å². The highest BCUT2D eigenvalue weighted by atomic mass is 16.5. The van der Waals surface area contributed by atoms with Crippen molar-refractivity contribution < 1.29 is 14.3 Å². The number of hydrogen-bond acceptors (Lipinski definition) is 4. The maximum Gasteiger partial charge on any atom is 0.408 e. The summed E-state index contributed by atoms with van der Waals surface area (Å²) in [6.07, 6.45) is -0.321. The van der Waals surface area contributed by atoms with E-state index in [0.29, 0.717) is 12.0 Å². The number of hydrogen-bond donors (Lipinski definition) is 2. The lowest BCUT2D eigenvalue weighted by Crippen LogP contribution is -2.48. The normalized spacial score (nSPS) is 11.1. The number of nitriles is 1. The SMILES string of the molecule is N#Cc1ccc(CNC(=O)[C@H](Cc2ccccc2)NC(=O)OCc2ccccc2)cc1. The van der Waals surface area contributed by atoms with E-state index < -0.39 is 12.1 Å². The Morgan fingerprint density at radius 1 is 0.839 bits per heavy atom. The first-order valence-corrected chi connectivity index (χ1v) is 9.92. The predicted octanol–water partition coefficient (Wildman–Crippen LogP) is 3.71. The van der Waals surface area contributed by atoms with Crippen LogP contribution in [0.1, 0.15) is 22.3 Å². The molecule has 0 aliphatic rings. The molecule has 31 heavy (non-hydrogen) atoms. The van der Waals surface area contributed by atoms with Crippen LogP contribution in [-0.4, -0.2) is 18.0 Å². The fraction of sp³-hybridized carbons (Fsp3) is 0.160. The number of amides is 2. The van der Waals surface area contributed by atoms with Gasteiger partial charge in [-0.05, 0) is 28.8 Å². The average molecular weight is 413 g/mol. The largest absolute Gasteiger partial charge is 0.445 e. The number of carbonyl (C=O) groups excluding carboxylic acids is 2. The molecule has 3 aromatic rings. The lowest BCUT2D eigenvalue weighted by Gasteiger charge is -2.19. The third kappa shape index (κ3) is 7.02. The van der Waals surface area contributed by atoms with Crippen LogP contribution in [0.25, 0.3) is 0 Å². The Labute approximate surface area is 181 Å². The number of nitrogens with one attached hydrogen (secondary N) is 2. The van der Waals surface area contributed by atoms with Crippen molar-refractivity contribution in [2.75, 3.05) is 0 Å². The first-order chi connectivity index (χ1) is 15.1. The van der Waals surface area contributed by atoms with Crippen molar-refractivity contribution in [2.24, 2.45) is 0 Å². The van der Waals surface area contributed by atoms with Crippen molar-refractivity contribution in [1.82, 2.24) is 10.6 Å². The van der Waals surface area contributed by atoms with E-state index in [1.807, 2.05) is 60.7 Å². The number of ether oxygens (including phenoxy) is 1. The summed E-state index contributed by atoms with van der Waals surface area (Å²) in [5.41, 5.74) is 3.20. The average Bonchev–Trinajstić information content (AvgIpc) is 2.82. The van der Waals surface area contributed by atoms with Crippen LogP contribution < -0.4 is 10.6 Å². The Morgan fingerprint density at radius 3 is 2.06 bits per heavy atom. The van der Waals surface area contributed by atoms with Crippen molar-refractivity contribution in [3.8, 4) is 6.07 Å². The number of alkyl carbamates (subject to hydrolysis) is 1. The van der Waals surface area contributed by atoms with Gasteiger partial charge in [0.2, 0.25) is 5.91 Å². The van der Waals surface area contributed by atoms with E-state index in [1.54, 1.807) is 24.3 Å². The number of carbonyl (C=O) groups is 2. The summed E-state index contributed by atoms with van der Waals surface area (Å²) >= 11 is 0. The molecule has 3 aromatic carbocycles. The van der Waals surface area contributed by atoms with E-state index in [2.05, 4.69) is 16.7 Å². The molecular formula is C25H23N3O3. The molecule has 0 saturated carbocycles. The van der Waals surface area contributed by atoms with Gasteiger partial charge < -0.3 is 15.4 Å². The van der Waals surface area contributed by atoms with Gasteiger partial charge in [-0.15, -0.1) is 0 Å². The van der Waals surface area contributed by atoms with Gasteiger partial charge >= 0.3 is 6.09 Å². The highest BCUT2D eigenvalue weighted by molar-refractivity contribution is 5.85. The van der Waals surface area contributed by atoms with Crippen LogP contribution in [-0.2, 0) is 29.1 Å². The van der Waals surface area contributed by atoms with Gasteiger partial charge in [0.15, 0.2) is 0 Å². The minimum Gasteiger partial charge on any atom is -0.445 e. The zero-order valence-corrected chi connectivity index (χ0v) is 17.0. The van der Waals surface area contributed by atoms with Crippen molar-refractivity contribution in [1.29, 1.82) is 5.26 Å².